The molecule has 2 N–H and O–H groups in total. The molecule has 0 aliphatic carbocycles. The number of nitrogen functional groups attached to an aromatic ring is 1. The summed E-state index contributed by atoms with van der Waals surface area (Å²) in [6.07, 6.45) is 0. The molecule has 7 heteroatoms. The summed E-state index contributed by atoms with van der Waals surface area (Å²) < 4.78 is 4.57. The molecular formula is C7H5N3O3S. The van der Waals surface area contributed by atoms with Crippen LogP contribution in [-0.4, -0.2) is 10.1 Å². The van der Waals surface area contributed by atoms with Crippen molar-refractivity contribution in [3.8, 4) is 10.6 Å². The van der Waals surface area contributed by atoms with Crippen LogP contribution >= 0.6 is 11.3 Å². The summed E-state index contributed by atoms with van der Waals surface area (Å²) in [6, 6.07) is 3.49. The lowest BCUT2D eigenvalue weighted by atomic mass is 10.3. The average molecular weight is 211 g/mol. The van der Waals surface area contributed by atoms with Crippen molar-refractivity contribution in [3.05, 3.63) is 27.6 Å². The van der Waals surface area contributed by atoms with E-state index in [2.05, 4.69) is 9.68 Å². The Morgan fingerprint density at radius 3 is 3.00 bits per heavy atom. The Kier molecular flexibility index (Phi) is 1.93. The van der Waals surface area contributed by atoms with Crippen LogP contribution in [0.15, 0.2) is 22.0 Å². The zero-order valence-electron chi connectivity index (χ0n) is 6.84. The van der Waals surface area contributed by atoms with Crippen LogP contribution in [0.2, 0.25) is 0 Å². The Morgan fingerprint density at radius 2 is 2.43 bits per heavy atom. The van der Waals surface area contributed by atoms with E-state index in [-0.39, 0.29) is 17.3 Å². The van der Waals surface area contributed by atoms with Gasteiger partial charge in [0.25, 0.3) is 0 Å². The van der Waals surface area contributed by atoms with Gasteiger partial charge in [-0.3, -0.25) is 10.1 Å². The van der Waals surface area contributed by atoms with E-state index in [1.54, 1.807) is 17.5 Å². The molecule has 2 heterocycles. The molecule has 0 radical (unpaired) electrons. The summed E-state index contributed by atoms with van der Waals surface area (Å²) in [7, 11) is 0. The lowest BCUT2D eigenvalue weighted by Crippen LogP contribution is -1.92. The molecule has 0 atom stereocenters. The molecule has 0 aromatic carbocycles. The van der Waals surface area contributed by atoms with Gasteiger partial charge >= 0.3 is 11.6 Å². The molecule has 2 aromatic rings. The van der Waals surface area contributed by atoms with E-state index in [1.165, 1.54) is 11.3 Å². The number of hydrogen-bond donors (Lipinski definition) is 1. The van der Waals surface area contributed by atoms with Crippen LogP contribution < -0.4 is 5.73 Å². The number of nitrogens with zero attached hydrogens (tertiary/aromatic N) is 2. The van der Waals surface area contributed by atoms with E-state index in [1.807, 2.05) is 0 Å². The maximum atomic E-state index is 10.6. The van der Waals surface area contributed by atoms with E-state index in [9.17, 15) is 10.1 Å². The Morgan fingerprint density at radius 1 is 1.64 bits per heavy atom. The minimum atomic E-state index is -0.596. The van der Waals surface area contributed by atoms with Gasteiger partial charge in [-0.2, -0.15) is 0 Å². The van der Waals surface area contributed by atoms with E-state index in [4.69, 9.17) is 5.73 Å². The molecule has 72 valence electrons. The van der Waals surface area contributed by atoms with Gasteiger partial charge in [0.05, 0.1) is 9.80 Å². The predicted molar refractivity (Wildman–Crippen MR) is 50.9 cm³/mol. The fraction of sp³-hybridized carbons (Fsp3) is 0. The molecule has 0 aliphatic rings. The first-order valence-corrected chi connectivity index (χ1v) is 4.51. The van der Waals surface area contributed by atoms with E-state index in [0.29, 0.717) is 4.88 Å². The fourth-order valence-electron chi connectivity index (χ4n) is 1.05. The number of nitrogens with two attached hydrogens (primary N) is 1. The van der Waals surface area contributed by atoms with Gasteiger partial charge in [0.1, 0.15) is 0 Å². The molecule has 0 spiro atoms. The molecule has 0 bridgehead atoms. The van der Waals surface area contributed by atoms with Crippen LogP contribution in [0.3, 0.4) is 0 Å². The van der Waals surface area contributed by atoms with Gasteiger partial charge in [-0.05, 0) is 11.4 Å². The topological polar surface area (TPSA) is 95.2 Å². The average Bonchev–Trinajstić information content (AvgIpc) is 2.70. The van der Waals surface area contributed by atoms with Gasteiger partial charge < -0.3 is 10.3 Å². The lowest BCUT2D eigenvalue weighted by Gasteiger charge is -1.88. The van der Waals surface area contributed by atoms with Crippen molar-refractivity contribution in [1.29, 1.82) is 0 Å². The summed E-state index contributed by atoms with van der Waals surface area (Å²) >= 11 is 1.34. The first-order chi connectivity index (χ1) is 6.70. The monoisotopic (exact) mass is 211 g/mol. The largest absolute Gasteiger partial charge is 0.362 e. The zero-order valence-corrected chi connectivity index (χ0v) is 7.65. The zero-order chi connectivity index (χ0) is 10.1. The second-order valence-electron chi connectivity index (χ2n) is 2.48. The van der Waals surface area contributed by atoms with Gasteiger partial charge in [-0.1, -0.05) is 11.2 Å². The van der Waals surface area contributed by atoms with Crippen molar-refractivity contribution in [2.75, 3.05) is 5.73 Å². The number of nitro groups is 1. The van der Waals surface area contributed by atoms with Gasteiger partial charge in [-0.15, -0.1) is 11.3 Å². The molecule has 0 unspecified atom stereocenters. The molecule has 0 amide bonds. The van der Waals surface area contributed by atoms with Crippen molar-refractivity contribution in [1.82, 2.24) is 5.16 Å². The van der Waals surface area contributed by atoms with Crippen molar-refractivity contribution < 1.29 is 9.45 Å². The normalized spacial score (nSPS) is 10.3. The SMILES string of the molecule is Nc1onc(-c2cccs2)c1[N+](=O)[O-]. The minimum absolute atomic E-state index is 0.183. The number of hydrogen-bond acceptors (Lipinski definition) is 6. The maximum Gasteiger partial charge on any atom is 0.361 e. The van der Waals surface area contributed by atoms with Crippen molar-refractivity contribution in [2.24, 2.45) is 0 Å². The van der Waals surface area contributed by atoms with Crippen LogP contribution in [0, 0.1) is 10.1 Å². The highest BCUT2D eigenvalue weighted by Gasteiger charge is 2.26. The van der Waals surface area contributed by atoms with E-state index in [0.717, 1.165) is 0 Å². The second-order valence-corrected chi connectivity index (χ2v) is 3.43. The third-order valence-corrected chi connectivity index (χ3v) is 2.51. The molecule has 6 nitrogen and oxygen atoms in total. The van der Waals surface area contributed by atoms with Crippen molar-refractivity contribution in [3.63, 3.8) is 0 Å². The van der Waals surface area contributed by atoms with Gasteiger partial charge in [-0.25, -0.2) is 0 Å². The Hall–Kier alpha value is -1.89. The van der Waals surface area contributed by atoms with Crippen LogP contribution in [-0.2, 0) is 0 Å². The summed E-state index contributed by atoms with van der Waals surface area (Å²) in [6.45, 7) is 0. The Labute approximate surface area is 82.1 Å². The van der Waals surface area contributed by atoms with Crippen molar-refractivity contribution >= 4 is 22.9 Å². The summed E-state index contributed by atoms with van der Waals surface area (Å²) in [5.41, 5.74) is 5.19. The highest BCUT2D eigenvalue weighted by molar-refractivity contribution is 7.13. The van der Waals surface area contributed by atoms with Crippen LogP contribution in [0.4, 0.5) is 11.6 Å². The third kappa shape index (κ3) is 1.23. The van der Waals surface area contributed by atoms with E-state index < -0.39 is 4.92 Å². The van der Waals surface area contributed by atoms with Gasteiger partial charge in [0.2, 0.25) is 5.69 Å². The highest BCUT2D eigenvalue weighted by Crippen LogP contribution is 2.35. The molecule has 0 saturated heterocycles. The fourth-order valence-corrected chi connectivity index (χ4v) is 1.76. The van der Waals surface area contributed by atoms with E-state index >= 15 is 0 Å². The summed E-state index contributed by atoms with van der Waals surface area (Å²) in [5, 5.41) is 16.0. The van der Waals surface area contributed by atoms with Crippen LogP contribution in [0.1, 0.15) is 0 Å². The molecule has 0 aliphatic heterocycles. The first kappa shape index (κ1) is 8.70. The van der Waals surface area contributed by atoms with Crippen LogP contribution in [0.5, 0.6) is 0 Å². The molecule has 2 rings (SSSR count). The molecule has 0 saturated carbocycles. The number of anilines is 1. The number of aromatic nitrogens is 1. The molecule has 14 heavy (non-hydrogen) atoms. The molecule has 0 fully saturated rings. The predicted octanol–water partition coefficient (Wildman–Crippen LogP) is 1.89. The first-order valence-electron chi connectivity index (χ1n) is 3.63. The summed E-state index contributed by atoms with van der Waals surface area (Å²) in [5.74, 6) is -0.265. The summed E-state index contributed by atoms with van der Waals surface area (Å²) in [4.78, 5) is 10.7. The molecular weight excluding hydrogens is 206 g/mol. The molecule has 2 aromatic heterocycles. The third-order valence-electron chi connectivity index (χ3n) is 1.63. The quantitative estimate of drug-likeness (QED) is 0.604. The number of thiophene rings is 1. The van der Waals surface area contributed by atoms with Crippen LogP contribution in [0.25, 0.3) is 10.6 Å². The maximum absolute atomic E-state index is 10.6. The Bertz CT molecular complexity index is 462. The second kappa shape index (κ2) is 3.11. The van der Waals surface area contributed by atoms with Crippen molar-refractivity contribution in [2.45, 2.75) is 0 Å². The lowest BCUT2D eigenvalue weighted by molar-refractivity contribution is -0.383. The van der Waals surface area contributed by atoms with Gasteiger partial charge in [0.15, 0.2) is 0 Å². The standard InChI is InChI=1S/C7H5N3O3S/c8-7-6(10(11)12)5(9-13-7)4-2-1-3-14-4/h1-3H,8H2. The van der Waals surface area contributed by atoms with Gasteiger partial charge in [0, 0.05) is 0 Å². The smallest absolute Gasteiger partial charge is 0.361 e. The highest BCUT2D eigenvalue weighted by atomic mass is 32.1. The minimum Gasteiger partial charge on any atom is -0.362 e. The Balaban J connectivity index is 2.60. The number of rotatable bonds is 2.